The summed E-state index contributed by atoms with van der Waals surface area (Å²) >= 11 is 1.26. The summed E-state index contributed by atoms with van der Waals surface area (Å²) in [6, 6.07) is 9.92. The molecule has 0 aliphatic heterocycles. The molecule has 27 heavy (non-hydrogen) atoms. The summed E-state index contributed by atoms with van der Waals surface area (Å²) in [5.41, 5.74) is 2.37. The molecule has 1 aromatic heterocycles. The highest BCUT2D eigenvalue weighted by Gasteiger charge is 2.12. The number of rotatable bonds is 9. The van der Waals surface area contributed by atoms with Gasteiger partial charge in [0.05, 0.1) is 17.5 Å². The Bertz CT molecular complexity index is 756. The molecule has 1 heterocycles. The van der Waals surface area contributed by atoms with Gasteiger partial charge in [-0.05, 0) is 37.3 Å². The zero-order valence-electron chi connectivity index (χ0n) is 16.2. The van der Waals surface area contributed by atoms with Crippen molar-refractivity contribution in [3.8, 4) is 0 Å². The topological polar surface area (TPSA) is 84.2 Å². The highest BCUT2D eigenvalue weighted by molar-refractivity contribution is 8.00. The van der Waals surface area contributed by atoms with Gasteiger partial charge in [0.15, 0.2) is 5.82 Å². The molecule has 0 bridgehead atoms. The molecule has 1 aromatic carbocycles. The van der Waals surface area contributed by atoms with Crippen molar-refractivity contribution < 1.29 is 14.1 Å². The molecule has 1 atom stereocenters. The number of thioether (sulfide) groups is 1. The Balaban J connectivity index is 1.70. The van der Waals surface area contributed by atoms with E-state index in [1.54, 1.807) is 13.0 Å². The third kappa shape index (κ3) is 7.46. The molecular weight excluding hydrogens is 362 g/mol. The fourth-order valence-corrected chi connectivity index (χ4v) is 3.25. The second kappa shape index (κ2) is 10.2. The number of hydrogen-bond donors (Lipinski definition) is 2. The maximum absolute atomic E-state index is 12.1. The minimum Gasteiger partial charge on any atom is -0.360 e. The number of aromatic nitrogens is 1. The van der Waals surface area contributed by atoms with E-state index in [0.717, 1.165) is 12.0 Å². The first-order valence-corrected chi connectivity index (χ1v) is 10.2. The van der Waals surface area contributed by atoms with Gasteiger partial charge < -0.3 is 15.2 Å². The number of benzene rings is 1. The molecule has 0 radical (unpaired) electrons. The monoisotopic (exact) mass is 389 g/mol. The number of nitrogens with one attached hydrogen (secondary N) is 2. The van der Waals surface area contributed by atoms with Crippen LogP contribution in [0, 0.1) is 12.8 Å². The lowest BCUT2D eigenvalue weighted by Crippen LogP contribution is -2.28. The van der Waals surface area contributed by atoms with Crippen LogP contribution in [-0.4, -0.2) is 28.5 Å². The summed E-state index contributed by atoms with van der Waals surface area (Å²) in [6.07, 6.45) is 1.05. The molecule has 6 nitrogen and oxygen atoms in total. The lowest BCUT2D eigenvalue weighted by atomic mass is 10.00. The maximum Gasteiger partial charge on any atom is 0.235 e. The average Bonchev–Trinajstić information content (AvgIpc) is 2.99. The number of nitrogens with zero attached hydrogens (tertiary/aromatic N) is 1. The smallest absolute Gasteiger partial charge is 0.235 e. The predicted octanol–water partition coefficient (Wildman–Crippen LogP) is 3.73. The lowest BCUT2D eigenvalue weighted by molar-refractivity contribution is -0.119. The van der Waals surface area contributed by atoms with Gasteiger partial charge >= 0.3 is 0 Å². The van der Waals surface area contributed by atoms with Crippen molar-refractivity contribution in [1.82, 2.24) is 10.5 Å². The molecule has 0 spiro atoms. The summed E-state index contributed by atoms with van der Waals surface area (Å²) in [7, 11) is 0. The van der Waals surface area contributed by atoms with Crippen molar-refractivity contribution in [1.29, 1.82) is 0 Å². The van der Waals surface area contributed by atoms with Crippen LogP contribution in [0.2, 0.25) is 0 Å². The van der Waals surface area contributed by atoms with Gasteiger partial charge in [0.1, 0.15) is 5.76 Å². The minimum absolute atomic E-state index is 0.0712. The molecule has 1 unspecified atom stereocenters. The summed E-state index contributed by atoms with van der Waals surface area (Å²) in [5, 5.41) is 9.29. The molecule has 0 saturated carbocycles. The number of aryl methyl sites for hydroxylation is 1. The normalized spacial score (nSPS) is 12.0. The Hall–Kier alpha value is -2.28. The number of anilines is 1. The van der Waals surface area contributed by atoms with Crippen LogP contribution in [0.3, 0.4) is 0 Å². The minimum atomic E-state index is -0.213. The largest absolute Gasteiger partial charge is 0.360 e. The Morgan fingerprint density at radius 3 is 2.37 bits per heavy atom. The molecule has 2 amide bonds. The van der Waals surface area contributed by atoms with Crippen LogP contribution >= 0.6 is 11.8 Å². The van der Waals surface area contributed by atoms with Gasteiger partial charge in [0.2, 0.25) is 11.8 Å². The zero-order chi connectivity index (χ0) is 19.8. The van der Waals surface area contributed by atoms with Crippen LogP contribution in [0.1, 0.15) is 43.7 Å². The Labute approximate surface area is 164 Å². The average molecular weight is 390 g/mol. The molecule has 146 valence electrons. The van der Waals surface area contributed by atoms with E-state index in [2.05, 4.69) is 53.9 Å². The van der Waals surface area contributed by atoms with Gasteiger partial charge in [-0.1, -0.05) is 43.3 Å². The van der Waals surface area contributed by atoms with Crippen molar-refractivity contribution in [2.75, 3.05) is 16.8 Å². The molecule has 0 fully saturated rings. The first-order chi connectivity index (χ1) is 12.8. The highest BCUT2D eigenvalue weighted by atomic mass is 32.2. The number of amides is 2. The Morgan fingerprint density at radius 2 is 1.78 bits per heavy atom. The molecule has 0 aliphatic rings. The van der Waals surface area contributed by atoms with Crippen LogP contribution in [0.25, 0.3) is 0 Å². The number of hydrogen-bond acceptors (Lipinski definition) is 5. The number of carbonyl (C=O) groups excluding carboxylic acids is 2. The summed E-state index contributed by atoms with van der Waals surface area (Å²) in [5.74, 6) is 1.73. The standard InChI is InChI=1S/C20H27N3O3S/c1-13(2)9-16-5-7-17(8-6-16)15(4)21-19(24)11-27-12-20(25)22-18-10-14(3)26-23-18/h5-8,10,13,15H,9,11-12H2,1-4H3,(H,21,24)(H,22,23,25). The van der Waals surface area contributed by atoms with Crippen LogP contribution in [0.15, 0.2) is 34.9 Å². The second-order valence-electron chi connectivity index (χ2n) is 6.99. The van der Waals surface area contributed by atoms with Crippen LogP contribution in [-0.2, 0) is 16.0 Å². The maximum atomic E-state index is 12.1. The molecule has 2 aromatic rings. The van der Waals surface area contributed by atoms with Gasteiger partial charge in [-0.15, -0.1) is 11.8 Å². The Kier molecular flexibility index (Phi) is 7.91. The predicted molar refractivity (Wildman–Crippen MR) is 109 cm³/mol. The second-order valence-corrected chi connectivity index (χ2v) is 7.98. The van der Waals surface area contributed by atoms with Crippen LogP contribution < -0.4 is 10.6 Å². The molecular formula is C20H27N3O3S. The summed E-state index contributed by atoms with van der Waals surface area (Å²) in [4.78, 5) is 23.9. The van der Waals surface area contributed by atoms with Gasteiger partial charge in [0, 0.05) is 6.07 Å². The molecule has 2 N–H and O–H groups in total. The van der Waals surface area contributed by atoms with E-state index in [0.29, 0.717) is 17.5 Å². The highest BCUT2D eigenvalue weighted by Crippen LogP contribution is 2.16. The molecule has 2 rings (SSSR count). The Morgan fingerprint density at radius 1 is 1.11 bits per heavy atom. The van der Waals surface area contributed by atoms with Gasteiger partial charge in [0.25, 0.3) is 0 Å². The van der Waals surface area contributed by atoms with Crippen molar-refractivity contribution >= 4 is 29.4 Å². The van der Waals surface area contributed by atoms with E-state index in [1.165, 1.54) is 17.3 Å². The van der Waals surface area contributed by atoms with Crippen molar-refractivity contribution in [3.05, 3.63) is 47.2 Å². The molecule has 0 saturated heterocycles. The molecule has 7 heteroatoms. The SMILES string of the molecule is Cc1cc(NC(=O)CSCC(=O)NC(C)c2ccc(CC(C)C)cc2)no1. The van der Waals surface area contributed by atoms with Crippen LogP contribution in [0.5, 0.6) is 0 Å². The molecule has 0 aliphatic carbocycles. The van der Waals surface area contributed by atoms with Crippen molar-refractivity contribution in [3.63, 3.8) is 0 Å². The van der Waals surface area contributed by atoms with Crippen LogP contribution in [0.4, 0.5) is 5.82 Å². The van der Waals surface area contributed by atoms with E-state index in [-0.39, 0.29) is 29.4 Å². The van der Waals surface area contributed by atoms with E-state index >= 15 is 0 Å². The van der Waals surface area contributed by atoms with E-state index in [1.807, 2.05) is 6.92 Å². The fourth-order valence-electron chi connectivity index (χ4n) is 2.62. The van der Waals surface area contributed by atoms with Gasteiger partial charge in [-0.3, -0.25) is 9.59 Å². The van der Waals surface area contributed by atoms with E-state index < -0.39 is 0 Å². The van der Waals surface area contributed by atoms with Crippen molar-refractivity contribution in [2.24, 2.45) is 5.92 Å². The third-order valence-corrected chi connectivity index (χ3v) is 4.80. The fraction of sp³-hybridized carbons (Fsp3) is 0.450. The quantitative estimate of drug-likeness (QED) is 0.683. The van der Waals surface area contributed by atoms with Gasteiger partial charge in [-0.2, -0.15) is 0 Å². The number of carbonyl (C=O) groups is 2. The van der Waals surface area contributed by atoms with Crippen molar-refractivity contribution in [2.45, 2.75) is 40.2 Å². The first-order valence-electron chi connectivity index (χ1n) is 9.02. The lowest BCUT2D eigenvalue weighted by Gasteiger charge is -2.15. The van der Waals surface area contributed by atoms with E-state index in [4.69, 9.17) is 4.52 Å². The van der Waals surface area contributed by atoms with E-state index in [9.17, 15) is 9.59 Å². The third-order valence-electron chi connectivity index (χ3n) is 3.86. The summed E-state index contributed by atoms with van der Waals surface area (Å²) < 4.78 is 4.88. The zero-order valence-corrected chi connectivity index (χ0v) is 17.1. The van der Waals surface area contributed by atoms with Gasteiger partial charge in [-0.25, -0.2) is 0 Å². The first kappa shape index (κ1) is 21.0. The summed E-state index contributed by atoms with van der Waals surface area (Å²) in [6.45, 7) is 8.10.